The number of sulfone groups is 1. The summed E-state index contributed by atoms with van der Waals surface area (Å²) in [5, 5.41) is -0.490. The summed E-state index contributed by atoms with van der Waals surface area (Å²) in [6.07, 6.45) is -2.75. The normalized spacial score (nSPS) is 18.6. The molecule has 0 bridgehead atoms. The SMILES string of the molecule is CC(C)(C1CCN(C(=O)[C@H](Cc2ccccc2)NS(=O)(=O)C2CC2)CC1)S(=O)(=O)c1cccc(C(F)(F)F)c1. The van der Waals surface area contributed by atoms with Crippen molar-refractivity contribution in [3.8, 4) is 0 Å². The van der Waals surface area contributed by atoms with Gasteiger partial charge >= 0.3 is 6.18 Å². The largest absolute Gasteiger partial charge is 0.416 e. The maximum atomic E-state index is 13.5. The Kier molecular flexibility index (Phi) is 8.22. The van der Waals surface area contributed by atoms with E-state index in [1.165, 1.54) is 19.9 Å². The smallest absolute Gasteiger partial charge is 0.341 e. The van der Waals surface area contributed by atoms with Gasteiger partial charge in [-0.2, -0.15) is 13.2 Å². The number of hydrogen-bond acceptors (Lipinski definition) is 5. The summed E-state index contributed by atoms with van der Waals surface area (Å²) in [7, 11) is -7.78. The van der Waals surface area contributed by atoms with E-state index < -0.39 is 58.5 Å². The van der Waals surface area contributed by atoms with Crippen LogP contribution in [0.4, 0.5) is 13.2 Å². The number of amides is 1. The predicted molar refractivity (Wildman–Crippen MR) is 141 cm³/mol. The molecule has 1 saturated carbocycles. The van der Waals surface area contributed by atoms with E-state index >= 15 is 0 Å². The van der Waals surface area contributed by atoms with Gasteiger partial charge in [0.15, 0.2) is 9.84 Å². The minimum absolute atomic E-state index is 0.182. The summed E-state index contributed by atoms with van der Waals surface area (Å²) in [6.45, 7) is 3.43. The average molecular weight is 587 g/mol. The Labute approximate surface area is 227 Å². The number of alkyl halides is 3. The number of halogens is 3. The number of benzene rings is 2. The standard InChI is InChI=1S/C27H33F3N2O5S2/c1-26(2,38(34,35)23-10-6-9-21(18-23)27(28,29)30)20-13-15-32(16-14-20)25(33)24(17-19-7-4-3-5-8-19)31-39(36,37)22-11-12-22/h3-10,18,20,22,24,31H,11-17H2,1-2H3/t24-/m0/s1. The molecule has 1 atom stereocenters. The molecule has 1 amide bonds. The number of carbonyl (C=O) groups excluding carboxylic acids is 1. The zero-order valence-electron chi connectivity index (χ0n) is 21.8. The van der Waals surface area contributed by atoms with E-state index in [0.717, 1.165) is 17.7 Å². The number of rotatable bonds is 9. The zero-order valence-corrected chi connectivity index (χ0v) is 23.4. The van der Waals surface area contributed by atoms with E-state index in [1.54, 1.807) is 4.90 Å². The van der Waals surface area contributed by atoms with Gasteiger partial charge < -0.3 is 4.90 Å². The second-order valence-electron chi connectivity index (χ2n) is 10.8. The van der Waals surface area contributed by atoms with Gasteiger partial charge in [0.2, 0.25) is 15.9 Å². The van der Waals surface area contributed by atoms with Crippen molar-refractivity contribution in [3.63, 3.8) is 0 Å². The summed E-state index contributed by atoms with van der Waals surface area (Å²) in [5.74, 6) is -0.795. The third kappa shape index (κ3) is 6.49. The molecule has 2 aromatic rings. The van der Waals surface area contributed by atoms with E-state index in [4.69, 9.17) is 0 Å². The first-order valence-electron chi connectivity index (χ1n) is 12.9. The summed E-state index contributed by atoms with van der Waals surface area (Å²) < 4.78 is 93.1. The quantitative estimate of drug-likeness (QED) is 0.475. The van der Waals surface area contributed by atoms with Crippen molar-refractivity contribution in [1.82, 2.24) is 9.62 Å². The summed E-state index contributed by atoms with van der Waals surface area (Å²) in [4.78, 5) is 14.7. The van der Waals surface area contributed by atoms with Crippen molar-refractivity contribution in [2.45, 2.75) is 73.1 Å². The highest BCUT2D eigenvalue weighted by molar-refractivity contribution is 7.92. The molecule has 0 unspecified atom stereocenters. The fraction of sp³-hybridized carbons (Fsp3) is 0.519. The molecule has 39 heavy (non-hydrogen) atoms. The van der Waals surface area contributed by atoms with Crippen LogP contribution >= 0.6 is 0 Å². The maximum absolute atomic E-state index is 13.5. The molecule has 4 rings (SSSR count). The Morgan fingerprint density at radius 2 is 1.56 bits per heavy atom. The van der Waals surface area contributed by atoms with Crippen LogP contribution in [0.2, 0.25) is 0 Å². The van der Waals surface area contributed by atoms with Gasteiger partial charge in [0.05, 0.1) is 20.5 Å². The Hall–Kier alpha value is -2.44. The molecule has 0 radical (unpaired) electrons. The van der Waals surface area contributed by atoms with Gasteiger partial charge in [0.1, 0.15) is 6.04 Å². The lowest BCUT2D eigenvalue weighted by Crippen LogP contribution is -2.54. The van der Waals surface area contributed by atoms with Crippen LogP contribution in [0.1, 0.15) is 50.7 Å². The molecular weight excluding hydrogens is 553 g/mol. The molecule has 12 heteroatoms. The number of hydrogen-bond donors (Lipinski definition) is 1. The molecule has 1 aliphatic heterocycles. The Morgan fingerprint density at radius 3 is 2.13 bits per heavy atom. The van der Waals surface area contributed by atoms with Crippen LogP contribution in [0.3, 0.4) is 0 Å². The fourth-order valence-corrected chi connectivity index (χ4v) is 8.43. The average Bonchev–Trinajstić information content (AvgIpc) is 3.74. The number of likely N-dealkylation sites (tertiary alicyclic amines) is 1. The van der Waals surface area contributed by atoms with Gasteiger partial charge in [0.25, 0.3) is 0 Å². The Bertz CT molecular complexity index is 1400. The summed E-state index contributed by atoms with van der Waals surface area (Å²) in [6, 6.07) is 11.8. The van der Waals surface area contributed by atoms with Crippen molar-refractivity contribution < 1.29 is 34.8 Å². The lowest BCUT2D eigenvalue weighted by molar-refractivity contribution is -0.137. The number of sulfonamides is 1. The van der Waals surface area contributed by atoms with Gasteiger partial charge in [-0.1, -0.05) is 36.4 Å². The predicted octanol–water partition coefficient (Wildman–Crippen LogP) is 4.19. The molecule has 1 heterocycles. The summed E-state index contributed by atoms with van der Waals surface area (Å²) in [5.41, 5.74) is -0.226. The highest BCUT2D eigenvalue weighted by Crippen LogP contribution is 2.39. The highest BCUT2D eigenvalue weighted by Gasteiger charge is 2.46. The Morgan fingerprint density at radius 1 is 0.949 bits per heavy atom. The summed E-state index contributed by atoms with van der Waals surface area (Å²) >= 11 is 0. The number of carbonyl (C=O) groups is 1. The van der Waals surface area contributed by atoms with Crippen LogP contribution in [-0.4, -0.2) is 56.8 Å². The molecular formula is C27H33F3N2O5S2. The molecule has 2 aliphatic rings. The van der Waals surface area contributed by atoms with Crippen LogP contribution < -0.4 is 4.72 Å². The minimum Gasteiger partial charge on any atom is -0.341 e. The van der Waals surface area contributed by atoms with Gasteiger partial charge in [-0.25, -0.2) is 21.6 Å². The van der Waals surface area contributed by atoms with Crippen LogP contribution in [0.25, 0.3) is 0 Å². The van der Waals surface area contributed by atoms with E-state index in [-0.39, 0.29) is 25.4 Å². The van der Waals surface area contributed by atoms with E-state index in [1.807, 2.05) is 30.3 Å². The van der Waals surface area contributed by atoms with Gasteiger partial charge in [0, 0.05) is 13.1 Å². The van der Waals surface area contributed by atoms with Crippen molar-refractivity contribution in [3.05, 3.63) is 65.7 Å². The molecule has 1 aliphatic carbocycles. The molecule has 0 aromatic heterocycles. The number of nitrogens with zero attached hydrogens (tertiary/aromatic N) is 1. The van der Waals surface area contributed by atoms with Gasteiger partial charge in [-0.3, -0.25) is 4.79 Å². The van der Waals surface area contributed by atoms with Crippen molar-refractivity contribution in [2.75, 3.05) is 13.1 Å². The lowest BCUT2D eigenvalue weighted by Gasteiger charge is -2.41. The third-order valence-electron chi connectivity index (χ3n) is 7.80. The second-order valence-corrected chi connectivity index (χ2v) is 15.4. The second kappa shape index (κ2) is 10.9. The lowest BCUT2D eigenvalue weighted by atomic mass is 9.85. The van der Waals surface area contributed by atoms with Crippen LogP contribution in [-0.2, 0) is 37.3 Å². The molecule has 7 nitrogen and oxygen atoms in total. The minimum atomic E-state index is -4.67. The molecule has 1 N–H and O–H groups in total. The van der Waals surface area contributed by atoms with Crippen molar-refractivity contribution in [1.29, 1.82) is 0 Å². The van der Waals surface area contributed by atoms with Crippen molar-refractivity contribution >= 4 is 25.8 Å². The van der Waals surface area contributed by atoms with E-state index in [0.29, 0.717) is 31.7 Å². The molecule has 1 saturated heterocycles. The monoisotopic (exact) mass is 586 g/mol. The number of nitrogens with one attached hydrogen (secondary N) is 1. The van der Waals surface area contributed by atoms with E-state index in [2.05, 4.69) is 4.72 Å². The first-order chi connectivity index (χ1) is 18.1. The van der Waals surface area contributed by atoms with E-state index in [9.17, 15) is 34.8 Å². The van der Waals surface area contributed by atoms with Crippen LogP contribution in [0, 0.1) is 5.92 Å². The third-order valence-corrected chi connectivity index (χ3v) is 12.4. The fourth-order valence-electron chi connectivity index (χ4n) is 5.08. The maximum Gasteiger partial charge on any atom is 0.416 e. The first kappa shape index (κ1) is 29.5. The van der Waals surface area contributed by atoms with Gasteiger partial charge in [-0.15, -0.1) is 0 Å². The van der Waals surface area contributed by atoms with Gasteiger partial charge in [-0.05, 0) is 75.6 Å². The zero-order chi connectivity index (χ0) is 28.6. The Balaban J connectivity index is 1.48. The van der Waals surface area contributed by atoms with Crippen LogP contribution in [0.5, 0.6) is 0 Å². The molecule has 2 fully saturated rings. The molecule has 0 spiro atoms. The first-order valence-corrected chi connectivity index (χ1v) is 15.9. The molecule has 214 valence electrons. The van der Waals surface area contributed by atoms with Crippen LogP contribution in [0.15, 0.2) is 59.5 Å². The topological polar surface area (TPSA) is 101 Å². The number of piperidine rings is 1. The molecule has 2 aromatic carbocycles. The highest BCUT2D eigenvalue weighted by atomic mass is 32.2. The van der Waals surface area contributed by atoms with Crippen molar-refractivity contribution in [2.24, 2.45) is 5.92 Å².